The molecule has 0 unspecified atom stereocenters. The highest BCUT2D eigenvalue weighted by molar-refractivity contribution is 9.10. The summed E-state index contributed by atoms with van der Waals surface area (Å²) in [6.45, 7) is 3.28. The monoisotopic (exact) mass is 337 g/mol. The van der Waals surface area contributed by atoms with Crippen LogP contribution in [-0.2, 0) is 0 Å². The van der Waals surface area contributed by atoms with Crippen LogP contribution in [-0.4, -0.2) is 13.2 Å². The van der Waals surface area contributed by atoms with Gasteiger partial charge in [-0.05, 0) is 48.9 Å². The van der Waals surface area contributed by atoms with E-state index in [9.17, 15) is 4.39 Å². The molecule has 0 saturated carbocycles. The number of rotatable bonds is 6. The number of halogens is 2. The summed E-state index contributed by atoms with van der Waals surface area (Å²) in [7, 11) is 0. The first-order valence-corrected chi connectivity index (χ1v) is 7.31. The molecule has 0 saturated heterocycles. The summed E-state index contributed by atoms with van der Waals surface area (Å²) < 4.78 is 19.8. The average molecular weight is 338 g/mol. The maximum Gasteiger partial charge on any atom is 0.123 e. The molecule has 0 spiro atoms. The normalized spacial score (nSPS) is 12.2. The fourth-order valence-electron chi connectivity index (χ4n) is 1.87. The lowest BCUT2D eigenvalue weighted by Gasteiger charge is -2.14. The third kappa shape index (κ3) is 4.62. The molecule has 106 valence electrons. The summed E-state index contributed by atoms with van der Waals surface area (Å²) >= 11 is 3.38. The van der Waals surface area contributed by atoms with Crippen LogP contribution in [0.5, 0.6) is 5.75 Å². The number of benzene rings is 2. The number of hydrogen-bond acceptors (Lipinski definition) is 2. The first kappa shape index (κ1) is 15.0. The highest BCUT2D eigenvalue weighted by atomic mass is 79.9. The predicted molar refractivity (Wildman–Crippen MR) is 82.5 cm³/mol. The van der Waals surface area contributed by atoms with Gasteiger partial charge in [0.1, 0.15) is 18.2 Å². The van der Waals surface area contributed by atoms with Crippen LogP contribution in [0, 0.1) is 5.82 Å². The van der Waals surface area contributed by atoms with Crippen LogP contribution in [0.3, 0.4) is 0 Å². The van der Waals surface area contributed by atoms with E-state index in [1.807, 2.05) is 37.3 Å². The topological polar surface area (TPSA) is 21.3 Å². The molecule has 0 bridgehead atoms. The number of ether oxygens (including phenoxy) is 1. The molecule has 2 rings (SSSR count). The van der Waals surface area contributed by atoms with Gasteiger partial charge >= 0.3 is 0 Å². The third-order valence-corrected chi connectivity index (χ3v) is 3.51. The molecule has 2 nitrogen and oxygen atoms in total. The first-order chi connectivity index (χ1) is 9.65. The highest BCUT2D eigenvalue weighted by Crippen LogP contribution is 2.16. The summed E-state index contributed by atoms with van der Waals surface area (Å²) in [5.41, 5.74) is 0.939. The van der Waals surface area contributed by atoms with Crippen LogP contribution in [0.4, 0.5) is 4.39 Å². The van der Waals surface area contributed by atoms with Gasteiger partial charge in [-0.2, -0.15) is 0 Å². The van der Waals surface area contributed by atoms with Crippen molar-refractivity contribution >= 4 is 15.9 Å². The van der Waals surface area contributed by atoms with Crippen LogP contribution in [0.1, 0.15) is 18.5 Å². The maximum atomic E-state index is 13.1. The standard InChI is InChI=1S/C16H17BrFNO/c1-12(13-3-2-4-15(18)11-13)19-9-10-20-16-7-5-14(17)6-8-16/h2-8,11-12,19H,9-10H2,1H3/t12-/m1/s1. The Morgan fingerprint density at radius 1 is 1.20 bits per heavy atom. The lowest BCUT2D eigenvalue weighted by Crippen LogP contribution is -2.24. The average Bonchev–Trinajstić information content (AvgIpc) is 2.45. The van der Waals surface area contributed by atoms with Gasteiger partial charge in [0, 0.05) is 17.1 Å². The van der Waals surface area contributed by atoms with Crippen molar-refractivity contribution in [3.05, 3.63) is 64.4 Å². The molecule has 0 amide bonds. The van der Waals surface area contributed by atoms with Crippen LogP contribution >= 0.6 is 15.9 Å². The van der Waals surface area contributed by atoms with Crippen molar-refractivity contribution in [3.63, 3.8) is 0 Å². The van der Waals surface area contributed by atoms with E-state index in [2.05, 4.69) is 21.2 Å². The molecule has 1 atom stereocenters. The molecule has 0 heterocycles. The second-order valence-electron chi connectivity index (χ2n) is 4.53. The Bertz CT molecular complexity index is 544. The van der Waals surface area contributed by atoms with Crippen LogP contribution < -0.4 is 10.1 Å². The third-order valence-electron chi connectivity index (χ3n) is 2.98. The Balaban J connectivity index is 1.74. The van der Waals surface area contributed by atoms with Crippen LogP contribution in [0.25, 0.3) is 0 Å². The maximum absolute atomic E-state index is 13.1. The molecule has 2 aromatic rings. The minimum atomic E-state index is -0.206. The molecular weight excluding hydrogens is 321 g/mol. The van der Waals surface area contributed by atoms with Crippen molar-refractivity contribution in [3.8, 4) is 5.75 Å². The summed E-state index contributed by atoms with van der Waals surface area (Å²) in [5, 5.41) is 3.31. The largest absolute Gasteiger partial charge is 0.492 e. The minimum Gasteiger partial charge on any atom is -0.492 e. The first-order valence-electron chi connectivity index (χ1n) is 6.52. The van der Waals surface area contributed by atoms with Gasteiger partial charge in [-0.15, -0.1) is 0 Å². The van der Waals surface area contributed by atoms with Gasteiger partial charge in [0.15, 0.2) is 0 Å². The van der Waals surface area contributed by atoms with E-state index in [0.717, 1.165) is 15.8 Å². The van der Waals surface area contributed by atoms with Crippen molar-refractivity contribution < 1.29 is 9.13 Å². The smallest absolute Gasteiger partial charge is 0.123 e. The highest BCUT2D eigenvalue weighted by Gasteiger charge is 2.05. The Hall–Kier alpha value is -1.39. The molecule has 0 aliphatic heterocycles. The van der Waals surface area contributed by atoms with E-state index < -0.39 is 0 Å². The predicted octanol–water partition coefficient (Wildman–Crippen LogP) is 4.32. The van der Waals surface area contributed by atoms with Crippen LogP contribution in [0.2, 0.25) is 0 Å². The van der Waals surface area contributed by atoms with Crippen molar-refractivity contribution in [2.24, 2.45) is 0 Å². The molecule has 2 aromatic carbocycles. The molecule has 20 heavy (non-hydrogen) atoms. The summed E-state index contributed by atoms with van der Waals surface area (Å²) in [6.07, 6.45) is 0. The van der Waals surface area contributed by atoms with Gasteiger partial charge in [-0.3, -0.25) is 0 Å². The van der Waals surface area contributed by atoms with Crippen molar-refractivity contribution in [1.29, 1.82) is 0 Å². The minimum absolute atomic E-state index is 0.0965. The fraction of sp³-hybridized carbons (Fsp3) is 0.250. The van der Waals surface area contributed by atoms with Gasteiger partial charge in [0.2, 0.25) is 0 Å². The van der Waals surface area contributed by atoms with E-state index in [1.165, 1.54) is 6.07 Å². The van der Waals surface area contributed by atoms with Gasteiger partial charge in [-0.25, -0.2) is 4.39 Å². The van der Waals surface area contributed by atoms with E-state index >= 15 is 0 Å². The van der Waals surface area contributed by atoms with E-state index in [0.29, 0.717) is 13.2 Å². The summed E-state index contributed by atoms with van der Waals surface area (Å²) in [4.78, 5) is 0. The SMILES string of the molecule is C[C@@H](NCCOc1ccc(Br)cc1)c1cccc(F)c1. The zero-order valence-electron chi connectivity index (χ0n) is 11.3. The van der Waals surface area contributed by atoms with Crippen LogP contribution in [0.15, 0.2) is 53.0 Å². The second-order valence-corrected chi connectivity index (χ2v) is 5.45. The molecule has 1 N–H and O–H groups in total. The molecule has 0 aromatic heterocycles. The van der Waals surface area contributed by atoms with E-state index in [-0.39, 0.29) is 11.9 Å². The Morgan fingerprint density at radius 2 is 1.95 bits per heavy atom. The van der Waals surface area contributed by atoms with E-state index in [1.54, 1.807) is 12.1 Å². The Labute approximate surface area is 127 Å². The van der Waals surface area contributed by atoms with Gasteiger partial charge < -0.3 is 10.1 Å². The zero-order chi connectivity index (χ0) is 14.4. The number of hydrogen-bond donors (Lipinski definition) is 1. The zero-order valence-corrected chi connectivity index (χ0v) is 12.9. The van der Waals surface area contributed by atoms with E-state index in [4.69, 9.17) is 4.74 Å². The lowest BCUT2D eigenvalue weighted by molar-refractivity contribution is 0.307. The van der Waals surface area contributed by atoms with Crippen molar-refractivity contribution in [2.45, 2.75) is 13.0 Å². The van der Waals surface area contributed by atoms with Crippen molar-refractivity contribution in [1.82, 2.24) is 5.32 Å². The molecule has 0 radical (unpaired) electrons. The fourth-order valence-corrected chi connectivity index (χ4v) is 2.13. The second kappa shape index (κ2) is 7.41. The van der Waals surface area contributed by atoms with Gasteiger partial charge in [0.05, 0.1) is 0 Å². The summed E-state index contributed by atoms with van der Waals surface area (Å²) in [5.74, 6) is 0.635. The summed E-state index contributed by atoms with van der Waals surface area (Å²) in [6, 6.07) is 14.5. The van der Waals surface area contributed by atoms with Gasteiger partial charge in [-0.1, -0.05) is 28.1 Å². The molecule has 4 heteroatoms. The molecule has 0 aliphatic carbocycles. The Kier molecular flexibility index (Phi) is 5.56. The molecule has 0 aliphatic rings. The molecule has 0 fully saturated rings. The van der Waals surface area contributed by atoms with Gasteiger partial charge in [0.25, 0.3) is 0 Å². The quantitative estimate of drug-likeness (QED) is 0.792. The number of nitrogens with one attached hydrogen (secondary N) is 1. The van der Waals surface area contributed by atoms with Crippen molar-refractivity contribution in [2.75, 3.05) is 13.2 Å². The lowest BCUT2D eigenvalue weighted by atomic mass is 10.1. The molecular formula is C16H17BrFNO. The Morgan fingerprint density at radius 3 is 2.65 bits per heavy atom.